The number of benzene rings is 1. The highest BCUT2D eigenvalue weighted by atomic mass is 16.5. The van der Waals surface area contributed by atoms with Crippen molar-refractivity contribution in [1.82, 2.24) is 20.1 Å². The van der Waals surface area contributed by atoms with Crippen molar-refractivity contribution in [3.8, 4) is 5.75 Å². The molecule has 0 spiro atoms. The van der Waals surface area contributed by atoms with E-state index in [2.05, 4.69) is 10.3 Å². The third-order valence-corrected chi connectivity index (χ3v) is 8.31. The van der Waals surface area contributed by atoms with E-state index in [9.17, 15) is 19.2 Å². The zero-order chi connectivity index (χ0) is 28.1. The van der Waals surface area contributed by atoms with Crippen molar-refractivity contribution in [2.75, 3.05) is 20.4 Å². The van der Waals surface area contributed by atoms with Gasteiger partial charge in [-0.05, 0) is 49.6 Å². The maximum atomic E-state index is 14.1. The van der Waals surface area contributed by atoms with Gasteiger partial charge in [0.05, 0.1) is 19.1 Å². The van der Waals surface area contributed by atoms with Crippen LogP contribution in [0.4, 0.5) is 4.79 Å². The Kier molecular flexibility index (Phi) is 6.24. The molecule has 4 amide bonds. The second-order valence-electron chi connectivity index (χ2n) is 11.0. The first kappa shape index (κ1) is 25.8. The first-order valence-electron chi connectivity index (χ1n) is 13.4. The summed E-state index contributed by atoms with van der Waals surface area (Å²) in [6.45, 7) is 1.37. The molecular weight excluding hydrogens is 516 g/mol. The predicted octanol–water partition coefficient (Wildman–Crippen LogP) is 3.71. The second-order valence-corrected chi connectivity index (χ2v) is 11.0. The lowest BCUT2D eigenvalue weighted by Crippen LogP contribution is -2.52. The molecule has 40 heavy (non-hydrogen) atoms. The van der Waals surface area contributed by atoms with E-state index >= 15 is 0 Å². The molecule has 0 radical (unpaired) electrons. The van der Waals surface area contributed by atoms with Crippen molar-refractivity contribution in [2.45, 2.75) is 51.1 Å². The van der Waals surface area contributed by atoms with Gasteiger partial charge in [-0.15, -0.1) is 0 Å². The quantitative estimate of drug-likeness (QED) is 0.351. The van der Waals surface area contributed by atoms with Gasteiger partial charge in [0.2, 0.25) is 0 Å². The first-order chi connectivity index (χ1) is 19.2. The minimum absolute atomic E-state index is 0.156. The van der Waals surface area contributed by atoms with Crippen LogP contribution in [-0.4, -0.2) is 59.0 Å². The number of fused-ring (bicyclic) bond motifs is 2. The zero-order valence-corrected chi connectivity index (χ0v) is 22.4. The third kappa shape index (κ3) is 4.16. The Morgan fingerprint density at radius 2 is 1.93 bits per heavy atom. The number of nitrogens with zero attached hydrogens (tertiary/aromatic N) is 3. The Hall–Kier alpha value is -4.41. The largest absolute Gasteiger partial charge is 0.497 e. The summed E-state index contributed by atoms with van der Waals surface area (Å²) in [5.74, 6) is -0.712. The minimum Gasteiger partial charge on any atom is -0.497 e. The molecule has 11 nitrogen and oxygen atoms in total. The molecule has 208 valence electrons. The number of imide groups is 1. The molecule has 1 saturated carbocycles. The zero-order valence-electron chi connectivity index (χ0n) is 22.4. The molecule has 3 aliphatic rings. The molecule has 2 aliphatic heterocycles. The van der Waals surface area contributed by atoms with Gasteiger partial charge in [0, 0.05) is 29.9 Å². The van der Waals surface area contributed by atoms with E-state index in [0.29, 0.717) is 35.1 Å². The number of carbonyl (C=O) groups excluding carboxylic acids is 4. The molecule has 3 aromatic rings. The molecule has 1 atom stereocenters. The number of urea groups is 1. The van der Waals surface area contributed by atoms with Gasteiger partial charge in [-0.1, -0.05) is 25.3 Å². The molecule has 6 rings (SSSR count). The van der Waals surface area contributed by atoms with Gasteiger partial charge in [0.1, 0.15) is 17.1 Å². The van der Waals surface area contributed by atoms with Crippen LogP contribution >= 0.6 is 0 Å². The normalized spacial score (nSPS) is 22.0. The highest BCUT2D eigenvalue weighted by Crippen LogP contribution is 2.39. The van der Waals surface area contributed by atoms with Crippen molar-refractivity contribution in [3.05, 3.63) is 59.6 Å². The van der Waals surface area contributed by atoms with E-state index in [1.54, 1.807) is 42.7 Å². The van der Waals surface area contributed by atoms with E-state index in [1.807, 2.05) is 6.92 Å². The van der Waals surface area contributed by atoms with Crippen LogP contribution in [0.3, 0.4) is 0 Å². The van der Waals surface area contributed by atoms with Crippen molar-refractivity contribution >= 4 is 34.8 Å². The number of hydrogen-bond donors (Lipinski definition) is 1. The van der Waals surface area contributed by atoms with Crippen LogP contribution in [0.25, 0.3) is 11.0 Å². The van der Waals surface area contributed by atoms with Crippen LogP contribution in [0.15, 0.2) is 47.1 Å². The topological polar surface area (TPSA) is 131 Å². The van der Waals surface area contributed by atoms with Gasteiger partial charge in [-0.3, -0.25) is 19.4 Å². The summed E-state index contributed by atoms with van der Waals surface area (Å²) in [5.41, 5.74) is -0.666. The highest BCUT2D eigenvalue weighted by Gasteiger charge is 2.57. The third-order valence-electron chi connectivity index (χ3n) is 8.31. The number of aromatic nitrogens is 1. The highest BCUT2D eigenvalue weighted by molar-refractivity contribution is 6.08. The summed E-state index contributed by atoms with van der Waals surface area (Å²) >= 11 is 0. The number of pyridine rings is 1. The standard InChI is InChI=1S/C29H30N4O7/c1-28(9-4-3-5-10-28)26(36)39-17-33-25(35)29(31-27(33)37,23-12-19-14-30-11-8-22(19)40-23)16-32-15-18-6-7-20(38-2)13-21(18)24(32)34/h6-8,11-14H,3-5,9-10,15-17H2,1-2H3,(H,31,37)/t29-/m0/s1. The number of nitrogens with one attached hydrogen (secondary N) is 1. The summed E-state index contributed by atoms with van der Waals surface area (Å²) in [4.78, 5) is 60.2. The molecule has 0 bridgehead atoms. The summed E-state index contributed by atoms with van der Waals surface area (Å²) < 4.78 is 16.9. The summed E-state index contributed by atoms with van der Waals surface area (Å²) in [6, 6.07) is 7.78. The van der Waals surface area contributed by atoms with E-state index < -0.39 is 35.6 Å². The number of ether oxygens (including phenoxy) is 2. The van der Waals surface area contributed by atoms with Crippen molar-refractivity contribution in [3.63, 3.8) is 0 Å². The molecule has 2 aromatic heterocycles. The van der Waals surface area contributed by atoms with Gasteiger partial charge < -0.3 is 24.1 Å². The lowest BCUT2D eigenvalue weighted by Gasteiger charge is -2.31. The number of esters is 1. The molecule has 2 fully saturated rings. The van der Waals surface area contributed by atoms with E-state index in [0.717, 1.165) is 29.7 Å². The van der Waals surface area contributed by atoms with Crippen LogP contribution in [-0.2, 0) is 26.4 Å². The molecular formula is C29H30N4O7. The van der Waals surface area contributed by atoms with Crippen LogP contribution in [0.1, 0.15) is 60.7 Å². The number of carbonyl (C=O) groups is 4. The summed E-state index contributed by atoms with van der Waals surface area (Å²) in [7, 11) is 1.52. The monoisotopic (exact) mass is 546 g/mol. The fourth-order valence-corrected chi connectivity index (χ4v) is 5.91. The van der Waals surface area contributed by atoms with Gasteiger partial charge in [0.25, 0.3) is 11.8 Å². The molecule has 1 saturated heterocycles. The lowest BCUT2D eigenvalue weighted by atomic mass is 9.76. The predicted molar refractivity (Wildman–Crippen MR) is 141 cm³/mol. The van der Waals surface area contributed by atoms with E-state index in [1.165, 1.54) is 12.0 Å². The smallest absolute Gasteiger partial charge is 0.328 e. The van der Waals surface area contributed by atoms with Crippen LogP contribution in [0.5, 0.6) is 5.75 Å². The fraction of sp³-hybridized carbons (Fsp3) is 0.414. The van der Waals surface area contributed by atoms with E-state index in [-0.39, 0.29) is 24.8 Å². The minimum atomic E-state index is -1.74. The Morgan fingerprint density at radius 1 is 1.12 bits per heavy atom. The summed E-state index contributed by atoms with van der Waals surface area (Å²) in [6.07, 6.45) is 7.47. The SMILES string of the molecule is COc1ccc2c(c1)C(=O)N(C[C@@]1(c3cc4cnccc4o3)NC(=O)N(COC(=O)C3(C)CCCCC3)C1=O)C2. The van der Waals surface area contributed by atoms with E-state index in [4.69, 9.17) is 13.9 Å². The Morgan fingerprint density at radius 3 is 2.67 bits per heavy atom. The Bertz CT molecular complexity index is 1490. The van der Waals surface area contributed by atoms with Gasteiger partial charge in [0.15, 0.2) is 12.3 Å². The molecule has 1 aromatic carbocycles. The van der Waals surface area contributed by atoms with Crippen LogP contribution in [0, 0.1) is 5.41 Å². The number of methoxy groups -OCH3 is 1. The van der Waals surface area contributed by atoms with Crippen LogP contribution < -0.4 is 10.1 Å². The maximum absolute atomic E-state index is 14.1. The van der Waals surface area contributed by atoms with Crippen molar-refractivity contribution < 1.29 is 33.1 Å². The number of amides is 4. The number of hydrogen-bond acceptors (Lipinski definition) is 8. The second kappa shape index (κ2) is 9.65. The number of furan rings is 1. The number of rotatable bonds is 7. The molecule has 1 aliphatic carbocycles. The summed E-state index contributed by atoms with van der Waals surface area (Å²) in [5, 5.41) is 3.40. The average molecular weight is 547 g/mol. The molecule has 11 heteroatoms. The lowest BCUT2D eigenvalue weighted by molar-refractivity contribution is -0.162. The van der Waals surface area contributed by atoms with Crippen molar-refractivity contribution in [2.24, 2.45) is 5.41 Å². The Labute approximate surface area is 230 Å². The average Bonchev–Trinajstić information content (AvgIpc) is 3.60. The van der Waals surface area contributed by atoms with Gasteiger partial charge in [-0.2, -0.15) is 0 Å². The molecule has 4 heterocycles. The maximum Gasteiger partial charge on any atom is 0.328 e. The van der Waals surface area contributed by atoms with Crippen molar-refractivity contribution in [1.29, 1.82) is 0 Å². The molecule has 1 N–H and O–H groups in total. The first-order valence-corrected chi connectivity index (χ1v) is 13.4. The van der Waals surface area contributed by atoms with Crippen LogP contribution in [0.2, 0.25) is 0 Å². The fourth-order valence-electron chi connectivity index (χ4n) is 5.91. The molecule has 0 unspecified atom stereocenters. The van der Waals surface area contributed by atoms with Gasteiger partial charge in [-0.25, -0.2) is 9.69 Å². The van der Waals surface area contributed by atoms with Gasteiger partial charge >= 0.3 is 12.0 Å². The Balaban J connectivity index is 1.31.